The second-order valence-corrected chi connectivity index (χ2v) is 9.07. The lowest BCUT2D eigenvalue weighted by atomic mass is 10.0. The van der Waals surface area contributed by atoms with Crippen LogP contribution in [0.3, 0.4) is 0 Å². The normalized spacial score (nSPS) is 11.2. The molecule has 0 aromatic heterocycles. The minimum absolute atomic E-state index is 0.0923. The smallest absolute Gasteiger partial charge is 0.255 e. The molecule has 0 aliphatic carbocycles. The van der Waals surface area contributed by atoms with E-state index in [0.717, 1.165) is 5.56 Å². The van der Waals surface area contributed by atoms with E-state index >= 15 is 0 Å². The number of ether oxygens (including phenoxy) is 2. The second-order valence-electron chi connectivity index (χ2n) is 9.07. The molecular formula is C32H31N3O6. The summed E-state index contributed by atoms with van der Waals surface area (Å²) in [6.07, 6.45) is 0.162. The van der Waals surface area contributed by atoms with E-state index < -0.39 is 23.8 Å². The van der Waals surface area contributed by atoms with Gasteiger partial charge in [-0.1, -0.05) is 24.3 Å². The molecule has 4 N–H and O–H groups in total. The van der Waals surface area contributed by atoms with Crippen molar-refractivity contribution in [1.82, 2.24) is 5.32 Å². The Morgan fingerprint density at radius 3 is 2.10 bits per heavy atom. The summed E-state index contributed by atoms with van der Waals surface area (Å²) in [6, 6.07) is 25.5. The number of carbonyl (C=O) groups is 3. The number of phenols is 1. The van der Waals surface area contributed by atoms with E-state index in [1.54, 1.807) is 84.9 Å². The van der Waals surface area contributed by atoms with Crippen molar-refractivity contribution in [2.45, 2.75) is 19.4 Å². The number of rotatable bonds is 11. The molecule has 0 aliphatic heterocycles. The fourth-order valence-corrected chi connectivity index (χ4v) is 4.07. The van der Waals surface area contributed by atoms with E-state index in [9.17, 15) is 19.5 Å². The van der Waals surface area contributed by atoms with Crippen LogP contribution in [0.5, 0.6) is 17.2 Å². The number of nitrogens with one attached hydrogen (secondary N) is 3. The molecule has 210 valence electrons. The van der Waals surface area contributed by atoms with E-state index in [1.807, 2.05) is 6.92 Å². The van der Waals surface area contributed by atoms with Gasteiger partial charge in [0.25, 0.3) is 11.8 Å². The van der Waals surface area contributed by atoms with Crippen LogP contribution in [0.2, 0.25) is 0 Å². The first-order valence-corrected chi connectivity index (χ1v) is 13.0. The van der Waals surface area contributed by atoms with Gasteiger partial charge in [-0.2, -0.15) is 0 Å². The first-order chi connectivity index (χ1) is 19.9. The quantitative estimate of drug-likeness (QED) is 0.206. The van der Waals surface area contributed by atoms with E-state index in [-0.39, 0.29) is 17.7 Å². The van der Waals surface area contributed by atoms with Crippen molar-refractivity contribution in [2.75, 3.05) is 24.4 Å². The van der Waals surface area contributed by atoms with Crippen molar-refractivity contribution in [2.24, 2.45) is 0 Å². The maximum absolute atomic E-state index is 13.5. The van der Waals surface area contributed by atoms with Crippen LogP contribution in [0.25, 0.3) is 0 Å². The molecule has 0 spiro atoms. The number of anilines is 2. The molecule has 4 aromatic rings. The lowest BCUT2D eigenvalue weighted by molar-refractivity contribution is -0.118. The molecule has 0 fully saturated rings. The Labute approximate surface area is 238 Å². The van der Waals surface area contributed by atoms with Crippen molar-refractivity contribution in [3.63, 3.8) is 0 Å². The van der Waals surface area contributed by atoms with Gasteiger partial charge in [-0.25, -0.2) is 0 Å². The van der Waals surface area contributed by atoms with Crippen LogP contribution >= 0.6 is 0 Å². The molecule has 0 unspecified atom stereocenters. The van der Waals surface area contributed by atoms with Crippen molar-refractivity contribution in [3.8, 4) is 17.2 Å². The summed E-state index contributed by atoms with van der Waals surface area (Å²) in [5.41, 5.74) is 2.15. The van der Waals surface area contributed by atoms with Gasteiger partial charge < -0.3 is 30.5 Å². The number of aromatic hydroxyl groups is 1. The van der Waals surface area contributed by atoms with Crippen molar-refractivity contribution < 1.29 is 29.0 Å². The highest BCUT2D eigenvalue weighted by Crippen LogP contribution is 2.20. The predicted molar refractivity (Wildman–Crippen MR) is 157 cm³/mol. The van der Waals surface area contributed by atoms with Gasteiger partial charge in [0.1, 0.15) is 23.3 Å². The van der Waals surface area contributed by atoms with E-state index in [0.29, 0.717) is 35.0 Å². The van der Waals surface area contributed by atoms with Crippen LogP contribution in [0.15, 0.2) is 97.1 Å². The van der Waals surface area contributed by atoms with Crippen LogP contribution in [-0.4, -0.2) is 42.6 Å². The Morgan fingerprint density at radius 2 is 1.44 bits per heavy atom. The van der Waals surface area contributed by atoms with E-state index in [1.165, 1.54) is 19.2 Å². The molecule has 0 radical (unpaired) electrons. The summed E-state index contributed by atoms with van der Waals surface area (Å²) in [7, 11) is 1.54. The maximum Gasteiger partial charge on any atom is 0.255 e. The SMILES string of the molecule is CCOc1ccc(NC(=O)[C@H](Cc2ccc(O)cc2)NC(=O)c2ccccc2NC(=O)c2ccc(OC)cc2)cc1. The zero-order chi connectivity index (χ0) is 29.2. The van der Waals surface area contributed by atoms with Gasteiger partial charge in [0.15, 0.2) is 0 Å². The molecule has 1 atom stereocenters. The number of hydrogen-bond acceptors (Lipinski definition) is 6. The topological polar surface area (TPSA) is 126 Å². The first kappa shape index (κ1) is 28.7. The van der Waals surface area contributed by atoms with Gasteiger partial charge in [0, 0.05) is 17.7 Å². The lowest BCUT2D eigenvalue weighted by Crippen LogP contribution is -2.45. The van der Waals surface area contributed by atoms with Gasteiger partial charge in [-0.05, 0) is 85.3 Å². The summed E-state index contributed by atoms with van der Waals surface area (Å²) in [4.78, 5) is 39.7. The summed E-state index contributed by atoms with van der Waals surface area (Å²) < 4.78 is 10.6. The zero-order valence-electron chi connectivity index (χ0n) is 22.7. The number of amides is 3. The average Bonchev–Trinajstić information content (AvgIpc) is 2.99. The third-order valence-electron chi connectivity index (χ3n) is 6.20. The first-order valence-electron chi connectivity index (χ1n) is 13.0. The average molecular weight is 554 g/mol. The molecule has 41 heavy (non-hydrogen) atoms. The Kier molecular flexibility index (Phi) is 9.56. The highest BCUT2D eigenvalue weighted by atomic mass is 16.5. The highest BCUT2D eigenvalue weighted by Gasteiger charge is 2.24. The Bertz CT molecular complexity index is 1490. The molecule has 0 saturated carbocycles. The Morgan fingerprint density at radius 1 is 0.780 bits per heavy atom. The third-order valence-corrected chi connectivity index (χ3v) is 6.20. The van der Waals surface area contributed by atoms with Gasteiger partial charge >= 0.3 is 0 Å². The fourth-order valence-electron chi connectivity index (χ4n) is 4.07. The molecule has 3 amide bonds. The molecule has 9 nitrogen and oxygen atoms in total. The predicted octanol–water partition coefficient (Wildman–Crippen LogP) is 5.03. The summed E-state index contributed by atoms with van der Waals surface area (Å²) in [5, 5.41) is 18.1. The maximum atomic E-state index is 13.5. The number of phenolic OH excluding ortho intramolecular Hbond substituents is 1. The van der Waals surface area contributed by atoms with Crippen LogP contribution in [-0.2, 0) is 11.2 Å². The van der Waals surface area contributed by atoms with E-state index in [4.69, 9.17) is 9.47 Å². The molecule has 4 rings (SSSR count). The van der Waals surface area contributed by atoms with Gasteiger partial charge in [-0.15, -0.1) is 0 Å². The summed E-state index contributed by atoms with van der Waals surface area (Å²) in [5.74, 6) is 0.00494. The number of methoxy groups -OCH3 is 1. The molecule has 0 heterocycles. The Hall–Kier alpha value is -5.31. The molecule has 0 aliphatic rings. The van der Waals surface area contributed by atoms with Crippen LogP contribution in [0.1, 0.15) is 33.2 Å². The minimum Gasteiger partial charge on any atom is -0.508 e. The minimum atomic E-state index is -0.969. The number of benzene rings is 4. The zero-order valence-corrected chi connectivity index (χ0v) is 22.7. The molecule has 0 bridgehead atoms. The van der Waals surface area contributed by atoms with Crippen molar-refractivity contribution in [3.05, 3.63) is 114 Å². The fraction of sp³-hybridized carbons (Fsp3) is 0.156. The number of hydrogen-bond donors (Lipinski definition) is 4. The largest absolute Gasteiger partial charge is 0.508 e. The lowest BCUT2D eigenvalue weighted by Gasteiger charge is -2.20. The summed E-state index contributed by atoms with van der Waals surface area (Å²) in [6.45, 7) is 2.41. The van der Waals surface area contributed by atoms with Crippen LogP contribution in [0.4, 0.5) is 11.4 Å². The second kappa shape index (κ2) is 13.7. The molecular weight excluding hydrogens is 522 g/mol. The number of carbonyl (C=O) groups excluding carboxylic acids is 3. The number of para-hydroxylation sites is 1. The standard InChI is InChI=1S/C32H31N3O6/c1-3-41-26-18-12-23(13-19-26)33-32(39)29(20-21-8-14-24(36)15-9-21)35-31(38)27-6-4-5-7-28(27)34-30(37)22-10-16-25(40-2)17-11-22/h4-19,29,36H,3,20H2,1-2H3,(H,33,39)(H,34,37)(H,35,38)/t29-/m0/s1. The monoisotopic (exact) mass is 553 g/mol. The van der Waals surface area contributed by atoms with Gasteiger partial charge in [-0.3, -0.25) is 14.4 Å². The van der Waals surface area contributed by atoms with E-state index in [2.05, 4.69) is 16.0 Å². The van der Waals surface area contributed by atoms with Gasteiger partial charge in [0.2, 0.25) is 5.91 Å². The van der Waals surface area contributed by atoms with Crippen LogP contribution in [0, 0.1) is 0 Å². The van der Waals surface area contributed by atoms with Crippen molar-refractivity contribution >= 4 is 29.1 Å². The Balaban J connectivity index is 1.53. The highest BCUT2D eigenvalue weighted by molar-refractivity contribution is 6.10. The van der Waals surface area contributed by atoms with Crippen LogP contribution < -0.4 is 25.4 Å². The third kappa shape index (κ3) is 7.86. The summed E-state index contributed by atoms with van der Waals surface area (Å²) >= 11 is 0. The molecule has 0 saturated heterocycles. The molecule has 9 heteroatoms. The molecule has 4 aromatic carbocycles. The van der Waals surface area contributed by atoms with Gasteiger partial charge in [0.05, 0.1) is 25.0 Å². The van der Waals surface area contributed by atoms with Crippen molar-refractivity contribution in [1.29, 1.82) is 0 Å².